The minimum Gasteiger partial charge on any atom is -0.305 e. The number of rotatable bonds is 5. The Labute approximate surface area is 169 Å². The molecule has 4 nitrogen and oxygen atoms in total. The monoisotopic (exact) mass is 399 g/mol. The fourth-order valence-electron chi connectivity index (χ4n) is 3.03. The topological polar surface area (TPSA) is 47.8 Å². The first-order chi connectivity index (χ1) is 12.8. The molecule has 3 rings (SSSR count). The lowest BCUT2D eigenvalue weighted by Gasteiger charge is -2.13. The van der Waals surface area contributed by atoms with E-state index in [1.165, 1.54) is 22.9 Å². The van der Waals surface area contributed by atoms with Gasteiger partial charge in [-0.3, -0.25) is 4.79 Å². The molecule has 0 radical (unpaired) electrons. The summed E-state index contributed by atoms with van der Waals surface area (Å²) in [4.78, 5) is 12.8. The number of ketones is 1. The standard InChI is InChI=1S/C21H22ClN3OS/c1-12-10-17(15(4)14(3)13(12)2)19(26)11-27-21-24-23-20(25(21)5)16-8-6-7-9-18(16)22/h6-10H,11H2,1-5H3. The molecule has 2 aromatic carbocycles. The highest BCUT2D eigenvalue weighted by Gasteiger charge is 2.17. The number of Topliss-reactive ketones (excluding diaryl/α,β-unsaturated/α-hetero) is 1. The predicted molar refractivity (Wildman–Crippen MR) is 112 cm³/mol. The van der Waals surface area contributed by atoms with Crippen molar-refractivity contribution in [2.45, 2.75) is 32.9 Å². The van der Waals surface area contributed by atoms with E-state index in [9.17, 15) is 4.79 Å². The second-order valence-corrected chi connectivity index (χ2v) is 8.02. The van der Waals surface area contributed by atoms with Crippen LogP contribution in [0.15, 0.2) is 35.5 Å². The minimum absolute atomic E-state index is 0.103. The normalized spacial score (nSPS) is 11.0. The van der Waals surface area contributed by atoms with Crippen molar-refractivity contribution >= 4 is 29.1 Å². The molecule has 3 aromatic rings. The van der Waals surface area contributed by atoms with E-state index in [2.05, 4.69) is 24.0 Å². The highest BCUT2D eigenvalue weighted by Crippen LogP contribution is 2.29. The average Bonchev–Trinajstić information content (AvgIpc) is 3.01. The summed E-state index contributed by atoms with van der Waals surface area (Å²) in [7, 11) is 1.89. The third-order valence-electron chi connectivity index (χ3n) is 5.06. The van der Waals surface area contributed by atoms with E-state index in [0.717, 1.165) is 22.3 Å². The van der Waals surface area contributed by atoms with Crippen molar-refractivity contribution in [1.82, 2.24) is 14.8 Å². The Morgan fingerprint density at radius 3 is 2.48 bits per heavy atom. The number of carbonyl (C=O) groups is 1. The number of nitrogens with zero attached hydrogens (tertiary/aromatic N) is 3. The summed E-state index contributed by atoms with van der Waals surface area (Å²) < 4.78 is 1.87. The molecule has 6 heteroatoms. The molecule has 27 heavy (non-hydrogen) atoms. The van der Waals surface area contributed by atoms with E-state index in [1.807, 2.05) is 55.8 Å². The predicted octanol–water partition coefficient (Wildman–Crippen LogP) is 5.34. The molecule has 1 heterocycles. The van der Waals surface area contributed by atoms with Gasteiger partial charge in [-0.25, -0.2) is 0 Å². The third kappa shape index (κ3) is 3.80. The van der Waals surface area contributed by atoms with E-state index in [0.29, 0.717) is 21.8 Å². The average molecular weight is 400 g/mol. The molecule has 0 atom stereocenters. The van der Waals surface area contributed by atoms with Gasteiger partial charge in [0.1, 0.15) is 0 Å². The Bertz CT molecular complexity index is 1030. The number of carbonyl (C=O) groups excluding carboxylic acids is 1. The molecule has 0 aliphatic heterocycles. The molecule has 0 unspecified atom stereocenters. The van der Waals surface area contributed by atoms with Crippen LogP contribution in [-0.4, -0.2) is 26.3 Å². The SMILES string of the molecule is Cc1cc(C(=O)CSc2nnc(-c3ccccc3Cl)n2C)c(C)c(C)c1C. The second-order valence-electron chi connectivity index (χ2n) is 6.67. The van der Waals surface area contributed by atoms with Gasteiger partial charge in [-0.15, -0.1) is 10.2 Å². The largest absolute Gasteiger partial charge is 0.305 e. The van der Waals surface area contributed by atoms with E-state index < -0.39 is 0 Å². The summed E-state index contributed by atoms with van der Waals surface area (Å²) in [6.45, 7) is 8.22. The molecule has 140 valence electrons. The first kappa shape index (κ1) is 19.6. The van der Waals surface area contributed by atoms with Crippen LogP contribution in [-0.2, 0) is 7.05 Å². The van der Waals surface area contributed by atoms with Crippen molar-refractivity contribution in [2.75, 3.05) is 5.75 Å². The number of aromatic nitrogens is 3. The Morgan fingerprint density at radius 2 is 1.78 bits per heavy atom. The molecule has 0 spiro atoms. The van der Waals surface area contributed by atoms with Crippen molar-refractivity contribution in [3.8, 4) is 11.4 Å². The van der Waals surface area contributed by atoms with E-state index in [1.54, 1.807) is 0 Å². The highest BCUT2D eigenvalue weighted by molar-refractivity contribution is 7.99. The lowest BCUT2D eigenvalue weighted by molar-refractivity contribution is 0.102. The molecule has 0 fully saturated rings. The van der Waals surface area contributed by atoms with Gasteiger partial charge in [0.15, 0.2) is 16.8 Å². The Morgan fingerprint density at radius 1 is 1.07 bits per heavy atom. The molecular weight excluding hydrogens is 378 g/mol. The van der Waals surface area contributed by atoms with Gasteiger partial charge >= 0.3 is 0 Å². The maximum absolute atomic E-state index is 12.8. The van der Waals surface area contributed by atoms with Gasteiger partial charge in [0, 0.05) is 18.2 Å². The van der Waals surface area contributed by atoms with Gasteiger partial charge in [-0.05, 0) is 68.1 Å². The summed E-state index contributed by atoms with van der Waals surface area (Å²) in [5, 5.41) is 9.80. The maximum Gasteiger partial charge on any atom is 0.191 e. The van der Waals surface area contributed by atoms with Gasteiger partial charge in [0.25, 0.3) is 0 Å². The second kappa shape index (κ2) is 7.87. The van der Waals surface area contributed by atoms with Crippen LogP contribution in [0.2, 0.25) is 5.02 Å². The van der Waals surface area contributed by atoms with Gasteiger partial charge in [-0.2, -0.15) is 0 Å². The number of halogens is 1. The molecule has 0 aliphatic rings. The van der Waals surface area contributed by atoms with Crippen LogP contribution in [0.25, 0.3) is 11.4 Å². The number of thioether (sulfide) groups is 1. The van der Waals surface area contributed by atoms with E-state index >= 15 is 0 Å². The summed E-state index contributed by atoms with van der Waals surface area (Å²) >= 11 is 7.66. The van der Waals surface area contributed by atoms with Gasteiger partial charge in [-0.1, -0.05) is 35.5 Å². The smallest absolute Gasteiger partial charge is 0.191 e. The van der Waals surface area contributed by atoms with Crippen molar-refractivity contribution in [3.63, 3.8) is 0 Å². The zero-order valence-corrected chi connectivity index (χ0v) is 17.7. The van der Waals surface area contributed by atoms with Gasteiger partial charge in [0.2, 0.25) is 0 Å². The molecule has 0 aliphatic carbocycles. The van der Waals surface area contributed by atoms with E-state index in [4.69, 9.17) is 11.6 Å². The van der Waals surface area contributed by atoms with Crippen molar-refractivity contribution in [2.24, 2.45) is 7.05 Å². The zero-order chi connectivity index (χ0) is 19.7. The Balaban J connectivity index is 1.81. The lowest BCUT2D eigenvalue weighted by Crippen LogP contribution is -2.08. The van der Waals surface area contributed by atoms with Gasteiger partial charge in [0.05, 0.1) is 10.8 Å². The zero-order valence-electron chi connectivity index (χ0n) is 16.1. The Hall–Kier alpha value is -2.11. The van der Waals surface area contributed by atoms with E-state index in [-0.39, 0.29) is 5.78 Å². The highest BCUT2D eigenvalue weighted by atomic mass is 35.5. The van der Waals surface area contributed by atoms with Crippen LogP contribution in [0.5, 0.6) is 0 Å². The molecular formula is C21H22ClN3OS. The van der Waals surface area contributed by atoms with Crippen LogP contribution in [0.3, 0.4) is 0 Å². The van der Waals surface area contributed by atoms with Crippen LogP contribution in [0.4, 0.5) is 0 Å². The molecule has 1 aromatic heterocycles. The first-order valence-corrected chi connectivity index (χ1v) is 10.0. The molecule has 0 N–H and O–H groups in total. The van der Waals surface area contributed by atoms with Crippen LogP contribution in [0, 0.1) is 27.7 Å². The van der Waals surface area contributed by atoms with Gasteiger partial charge < -0.3 is 4.57 Å². The summed E-state index contributed by atoms with van der Waals surface area (Å²) in [6, 6.07) is 9.52. The Kier molecular flexibility index (Phi) is 5.72. The fraction of sp³-hybridized carbons (Fsp3) is 0.286. The fourth-order valence-corrected chi connectivity index (χ4v) is 4.04. The van der Waals surface area contributed by atoms with Crippen molar-refractivity contribution in [3.05, 3.63) is 63.2 Å². The minimum atomic E-state index is 0.103. The number of benzene rings is 2. The van der Waals surface area contributed by atoms with Crippen molar-refractivity contribution < 1.29 is 4.79 Å². The summed E-state index contributed by atoms with van der Waals surface area (Å²) in [5.41, 5.74) is 6.24. The third-order valence-corrected chi connectivity index (χ3v) is 6.41. The molecule has 0 amide bonds. The first-order valence-electron chi connectivity index (χ1n) is 8.69. The van der Waals surface area contributed by atoms with Crippen LogP contribution in [0.1, 0.15) is 32.6 Å². The molecule has 0 saturated carbocycles. The molecule has 0 saturated heterocycles. The van der Waals surface area contributed by atoms with Crippen molar-refractivity contribution in [1.29, 1.82) is 0 Å². The summed E-state index contributed by atoms with van der Waals surface area (Å²) in [6.07, 6.45) is 0. The summed E-state index contributed by atoms with van der Waals surface area (Å²) in [5.74, 6) is 1.11. The maximum atomic E-state index is 12.8. The molecule has 0 bridgehead atoms. The lowest BCUT2D eigenvalue weighted by atomic mass is 9.93. The van der Waals surface area contributed by atoms with Crippen LogP contribution < -0.4 is 0 Å². The number of aryl methyl sites for hydroxylation is 1. The number of hydrogen-bond acceptors (Lipinski definition) is 4. The quantitative estimate of drug-likeness (QED) is 0.429. The number of hydrogen-bond donors (Lipinski definition) is 0. The van der Waals surface area contributed by atoms with Crippen LogP contribution >= 0.6 is 23.4 Å².